The number of rotatable bonds is 3. The van der Waals surface area contributed by atoms with Crippen LogP contribution in [0.5, 0.6) is 0 Å². The third-order valence-corrected chi connectivity index (χ3v) is 4.09. The predicted molar refractivity (Wildman–Crippen MR) is 93.8 cm³/mol. The van der Waals surface area contributed by atoms with Crippen molar-refractivity contribution in [1.29, 1.82) is 5.26 Å². The van der Waals surface area contributed by atoms with Gasteiger partial charge in [-0.2, -0.15) is 5.26 Å². The Morgan fingerprint density at radius 3 is 2.68 bits per heavy atom. The maximum Gasteiger partial charge on any atom is 0.256 e. The summed E-state index contributed by atoms with van der Waals surface area (Å²) in [4.78, 5) is 15.2. The minimum atomic E-state index is -0.198. The second kappa shape index (κ2) is 6.06. The molecule has 0 saturated carbocycles. The molecule has 0 saturated heterocycles. The Hall–Kier alpha value is -3.72. The Balaban J connectivity index is 1.74. The number of aromatic amines is 1. The molecule has 6 nitrogen and oxygen atoms in total. The van der Waals surface area contributed by atoms with Crippen molar-refractivity contribution in [1.82, 2.24) is 20.0 Å². The van der Waals surface area contributed by atoms with Crippen LogP contribution < -0.4 is 5.56 Å². The SMILES string of the molecule is N#Cc1cccc2c(=O)[nH]c(-c3ccc(Cn4ccnn4)cc3)cc12. The average Bonchev–Trinajstić information content (AvgIpc) is 3.15. The summed E-state index contributed by atoms with van der Waals surface area (Å²) in [6.45, 7) is 0.632. The summed E-state index contributed by atoms with van der Waals surface area (Å²) in [5.41, 5.74) is 2.95. The number of nitrogens with one attached hydrogen (secondary N) is 1. The molecule has 2 aromatic heterocycles. The van der Waals surface area contributed by atoms with Crippen LogP contribution in [0.25, 0.3) is 22.0 Å². The van der Waals surface area contributed by atoms with Gasteiger partial charge in [0.2, 0.25) is 0 Å². The van der Waals surface area contributed by atoms with Gasteiger partial charge in [-0.05, 0) is 29.3 Å². The van der Waals surface area contributed by atoms with E-state index in [0.29, 0.717) is 28.6 Å². The highest BCUT2D eigenvalue weighted by Gasteiger charge is 2.08. The largest absolute Gasteiger partial charge is 0.321 e. The van der Waals surface area contributed by atoms with Crippen LogP contribution in [-0.2, 0) is 6.54 Å². The molecule has 0 fully saturated rings. The molecule has 120 valence electrons. The normalized spacial score (nSPS) is 10.7. The van der Waals surface area contributed by atoms with E-state index in [1.165, 1.54) is 0 Å². The highest BCUT2D eigenvalue weighted by Crippen LogP contribution is 2.22. The fraction of sp³-hybridized carbons (Fsp3) is 0.0526. The van der Waals surface area contributed by atoms with Gasteiger partial charge in [0.25, 0.3) is 5.56 Å². The van der Waals surface area contributed by atoms with Crippen LogP contribution in [0.2, 0.25) is 0 Å². The molecule has 0 aliphatic rings. The first-order chi connectivity index (χ1) is 12.2. The molecule has 6 heteroatoms. The number of aromatic nitrogens is 4. The van der Waals surface area contributed by atoms with Gasteiger partial charge in [-0.1, -0.05) is 35.5 Å². The highest BCUT2D eigenvalue weighted by molar-refractivity contribution is 5.89. The molecule has 4 aromatic rings. The van der Waals surface area contributed by atoms with E-state index >= 15 is 0 Å². The monoisotopic (exact) mass is 327 g/mol. The lowest BCUT2D eigenvalue weighted by molar-refractivity contribution is 0.650. The number of pyridine rings is 1. The van der Waals surface area contributed by atoms with Gasteiger partial charge in [0.15, 0.2) is 0 Å². The Bertz CT molecular complexity index is 1140. The van der Waals surface area contributed by atoms with Crippen LogP contribution in [0.4, 0.5) is 0 Å². The molecule has 0 amide bonds. The van der Waals surface area contributed by atoms with E-state index in [2.05, 4.69) is 21.4 Å². The third-order valence-electron chi connectivity index (χ3n) is 4.09. The molecule has 0 unspecified atom stereocenters. The van der Waals surface area contributed by atoms with Crippen molar-refractivity contribution >= 4 is 10.8 Å². The summed E-state index contributed by atoms with van der Waals surface area (Å²) in [6.07, 6.45) is 3.44. The number of nitriles is 1. The number of H-pyrrole nitrogens is 1. The van der Waals surface area contributed by atoms with E-state index in [9.17, 15) is 10.1 Å². The van der Waals surface area contributed by atoms with Crippen LogP contribution in [0, 0.1) is 11.3 Å². The Labute approximate surface area is 143 Å². The molecule has 0 bridgehead atoms. The van der Waals surface area contributed by atoms with E-state index in [0.717, 1.165) is 11.1 Å². The number of nitrogens with zero attached hydrogens (tertiary/aromatic N) is 4. The fourth-order valence-electron chi connectivity index (χ4n) is 2.84. The van der Waals surface area contributed by atoms with E-state index in [1.807, 2.05) is 30.3 Å². The Morgan fingerprint density at radius 1 is 1.12 bits per heavy atom. The molecule has 1 N–H and O–H groups in total. The van der Waals surface area contributed by atoms with Gasteiger partial charge in [-0.3, -0.25) is 4.79 Å². The van der Waals surface area contributed by atoms with Gasteiger partial charge in [-0.15, -0.1) is 5.10 Å². The first-order valence-electron chi connectivity index (χ1n) is 7.74. The second-order valence-electron chi connectivity index (χ2n) is 5.69. The minimum Gasteiger partial charge on any atom is -0.321 e. The first-order valence-corrected chi connectivity index (χ1v) is 7.74. The van der Waals surface area contributed by atoms with Crippen molar-refractivity contribution in [2.75, 3.05) is 0 Å². The van der Waals surface area contributed by atoms with Crippen molar-refractivity contribution in [3.05, 3.63) is 82.4 Å². The molecular weight excluding hydrogens is 314 g/mol. The maximum atomic E-state index is 12.3. The summed E-state index contributed by atoms with van der Waals surface area (Å²) < 4.78 is 1.74. The lowest BCUT2D eigenvalue weighted by Crippen LogP contribution is -2.08. The minimum absolute atomic E-state index is 0.198. The summed E-state index contributed by atoms with van der Waals surface area (Å²) in [7, 11) is 0. The molecule has 4 rings (SSSR count). The standard InChI is InChI=1S/C19H13N5O/c20-11-15-2-1-3-16-17(15)10-18(22-19(16)25)14-6-4-13(5-7-14)12-24-9-8-21-23-24/h1-10H,12H2,(H,22,25). The number of benzene rings is 2. The van der Waals surface area contributed by atoms with E-state index in [4.69, 9.17) is 0 Å². The third kappa shape index (κ3) is 2.79. The van der Waals surface area contributed by atoms with Crippen LogP contribution in [0.1, 0.15) is 11.1 Å². The van der Waals surface area contributed by atoms with Gasteiger partial charge < -0.3 is 4.98 Å². The molecular formula is C19H13N5O. The zero-order valence-corrected chi connectivity index (χ0v) is 13.2. The van der Waals surface area contributed by atoms with Crippen LogP contribution in [0.3, 0.4) is 0 Å². The summed E-state index contributed by atoms with van der Waals surface area (Å²) in [5.74, 6) is 0. The number of fused-ring (bicyclic) bond motifs is 1. The second-order valence-corrected chi connectivity index (χ2v) is 5.69. The highest BCUT2D eigenvalue weighted by atomic mass is 16.1. The van der Waals surface area contributed by atoms with Gasteiger partial charge in [0.05, 0.1) is 24.4 Å². The summed E-state index contributed by atoms with van der Waals surface area (Å²) in [5, 5.41) is 18.2. The van der Waals surface area contributed by atoms with Crippen LogP contribution >= 0.6 is 0 Å². The van der Waals surface area contributed by atoms with E-state index < -0.39 is 0 Å². The molecule has 25 heavy (non-hydrogen) atoms. The summed E-state index contributed by atoms with van der Waals surface area (Å²) >= 11 is 0. The Kier molecular flexibility index (Phi) is 3.60. The lowest BCUT2D eigenvalue weighted by atomic mass is 10.0. The first kappa shape index (κ1) is 14.8. The van der Waals surface area contributed by atoms with Crippen molar-refractivity contribution in [2.24, 2.45) is 0 Å². The van der Waals surface area contributed by atoms with Crippen molar-refractivity contribution in [3.8, 4) is 17.3 Å². The fourth-order valence-corrected chi connectivity index (χ4v) is 2.84. The number of hydrogen-bond donors (Lipinski definition) is 1. The van der Waals surface area contributed by atoms with Gasteiger partial charge in [0.1, 0.15) is 0 Å². The van der Waals surface area contributed by atoms with Crippen LogP contribution in [-0.4, -0.2) is 20.0 Å². The van der Waals surface area contributed by atoms with Gasteiger partial charge in [-0.25, -0.2) is 4.68 Å². The van der Waals surface area contributed by atoms with E-state index in [1.54, 1.807) is 35.3 Å². The molecule has 0 spiro atoms. The van der Waals surface area contributed by atoms with Crippen molar-refractivity contribution in [3.63, 3.8) is 0 Å². The van der Waals surface area contributed by atoms with Gasteiger partial charge >= 0.3 is 0 Å². The molecule has 2 heterocycles. The predicted octanol–water partition coefficient (Wildman–Crippen LogP) is 2.71. The smallest absolute Gasteiger partial charge is 0.256 e. The Morgan fingerprint density at radius 2 is 1.96 bits per heavy atom. The zero-order valence-electron chi connectivity index (χ0n) is 13.2. The summed E-state index contributed by atoms with van der Waals surface area (Å²) in [6, 6.07) is 17.0. The molecule has 0 aliphatic carbocycles. The molecule has 2 aromatic carbocycles. The van der Waals surface area contributed by atoms with Crippen molar-refractivity contribution < 1.29 is 0 Å². The quantitative estimate of drug-likeness (QED) is 0.627. The van der Waals surface area contributed by atoms with Crippen LogP contribution in [0.15, 0.2) is 65.7 Å². The zero-order chi connectivity index (χ0) is 17.2. The maximum absolute atomic E-state index is 12.3. The van der Waals surface area contributed by atoms with E-state index in [-0.39, 0.29) is 5.56 Å². The molecule has 0 radical (unpaired) electrons. The molecule has 0 aliphatic heterocycles. The van der Waals surface area contributed by atoms with Crippen molar-refractivity contribution in [2.45, 2.75) is 6.54 Å². The topological polar surface area (TPSA) is 87.4 Å². The lowest BCUT2D eigenvalue weighted by Gasteiger charge is -2.07. The average molecular weight is 327 g/mol. The number of hydrogen-bond acceptors (Lipinski definition) is 4. The molecule has 0 atom stereocenters. The van der Waals surface area contributed by atoms with Gasteiger partial charge in [0, 0.05) is 22.7 Å².